The number of carbonyl (C=O) groups excluding carboxylic acids is 1. The molecule has 0 heterocycles. The van der Waals surface area contributed by atoms with Crippen molar-refractivity contribution in [3.8, 4) is 0 Å². The lowest BCUT2D eigenvalue weighted by atomic mass is 10.2. The van der Waals surface area contributed by atoms with Crippen LogP contribution in [0, 0.1) is 10.1 Å². The minimum atomic E-state index is -4.14. The lowest BCUT2D eigenvalue weighted by Gasteiger charge is -2.26. The summed E-state index contributed by atoms with van der Waals surface area (Å²) in [5.74, 6) is -0.493. The van der Waals surface area contributed by atoms with Crippen LogP contribution in [0.25, 0.3) is 0 Å². The van der Waals surface area contributed by atoms with E-state index in [1.54, 1.807) is 55.6 Å². The monoisotopic (exact) mass is 425 g/mol. The number of likely N-dealkylation sites (N-methyl/N-ethyl adjacent to an activating group) is 1. The van der Waals surface area contributed by atoms with E-state index in [1.165, 1.54) is 35.2 Å². The van der Waals surface area contributed by atoms with E-state index in [1.807, 2.05) is 0 Å². The van der Waals surface area contributed by atoms with Crippen LogP contribution in [0.1, 0.15) is 0 Å². The van der Waals surface area contributed by atoms with Gasteiger partial charge in [0.15, 0.2) is 0 Å². The number of nitrogens with zero attached hydrogens (tertiary/aromatic N) is 3. The molecular weight excluding hydrogens is 406 g/mol. The van der Waals surface area contributed by atoms with Crippen molar-refractivity contribution in [3.05, 3.63) is 95.0 Å². The third-order valence-corrected chi connectivity index (χ3v) is 6.24. The minimum absolute atomic E-state index is 0.0216. The van der Waals surface area contributed by atoms with Crippen LogP contribution in [0.15, 0.2) is 89.8 Å². The van der Waals surface area contributed by atoms with Crippen LogP contribution in [-0.2, 0) is 14.8 Å². The predicted molar refractivity (Wildman–Crippen MR) is 114 cm³/mol. The Morgan fingerprint density at radius 3 is 2.07 bits per heavy atom. The molecule has 3 rings (SSSR count). The second kappa shape index (κ2) is 8.75. The number of hydrogen-bond donors (Lipinski definition) is 0. The number of nitro benzene ring substituents is 1. The molecule has 0 spiro atoms. The molecule has 3 aromatic carbocycles. The molecule has 3 aromatic rings. The average molecular weight is 425 g/mol. The van der Waals surface area contributed by atoms with E-state index in [2.05, 4.69) is 0 Å². The van der Waals surface area contributed by atoms with Crippen molar-refractivity contribution in [2.45, 2.75) is 4.90 Å². The van der Waals surface area contributed by atoms with Crippen molar-refractivity contribution in [2.24, 2.45) is 0 Å². The molecule has 9 heteroatoms. The standard InChI is InChI=1S/C21H19N3O5S/c1-22(17-9-4-2-5-10-17)21(25)16-23(18-11-8-12-19(15-18)24(26)27)30(28,29)20-13-6-3-7-14-20/h2-15H,16H2,1H3. The van der Waals surface area contributed by atoms with Gasteiger partial charge in [-0.05, 0) is 30.3 Å². The Morgan fingerprint density at radius 2 is 1.47 bits per heavy atom. The highest BCUT2D eigenvalue weighted by atomic mass is 32.2. The zero-order valence-corrected chi connectivity index (χ0v) is 16.9. The molecule has 0 N–H and O–H groups in total. The summed E-state index contributed by atoms with van der Waals surface area (Å²) in [4.78, 5) is 24.8. The maximum atomic E-state index is 13.3. The zero-order valence-electron chi connectivity index (χ0n) is 16.1. The average Bonchev–Trinajstić information content (AvgIpc) is 2.78. The smallest absolute Gasteiger partial charge is 0.271 e. The molecular formula is C21H19N3O5S. The van der Waals surface area contributed by atoms with E-state index in [0.29, 0.717) is 5.69 Å². The SMILES string of the molecule is CN(C(=O)CN(c1cccc([N+](=O)[O-])c1)S(=O)(=O)c1ccccc1)c1ccccc1. The van der Waals surface area contributed by atoms with Crippen LogP contribution in [0.4, 0.5) is 17.1 Å². The van der Waals surface area contributed by atoms with Crippen LogP contribution < -0.4 is 9.21 Å². The first kappa shape index (κ1) is 21.0. The van der Waals surface area contributed by atoms with E-state index in [4.69, 9.17) is 0 Å². The highest BCUT2D eigenvalue weighted by Crippen LogP contribution is 2.27. The first-order valence-electron chi connectivity index (χ1n) is 8.94. The summed E-state index contributed by atoms with van der Waals surface area (Å²) in [6.45, 7) is -0.524. The van der Waals surface area contributed by atoms with Gasteiger partial charge in [-0.25, -0.2) is 8.42 Å². The van der Waals surface area contributed by atoms with Crippen molar-refractivity contribution in [2.75, 3.05) is 22.8 Å². The Hall–Kier alpha value is -3.72. The Kier molecular flexibility index (Phi) is 6.12. The fraction of sp³-hybridized carbons (Fsp3) is 0.0952. The molecule has 154 valence electrons. The van der Waals surface area contributed by atoms with Crippen LogP contribution in [0.5, 0.6) is 0 Å². The van der Waals surface area contributed by atoms with Gasteiger partial charge in [-0.2, -0.15) is 0 Å². The first-order chi connectivity index (χ1) is 14.3. The highest BCUT2D eigenvalue weighted by Gasteiger charge is 2.29. The molecule has 0 radical (unpaired) electrons. The number of para-hydroxylation sites is 1. The third-order valence-electron chi connectivity index (χ3n) is 4.46. The Bertz CT molecular complexity index is 1150. The van der Waals surface area contributed by atoms with Crippen LogP contribution in [0.3, 0.4) is 0 Å². The highest BCUT2D eigenvalue weighted by molar-refractivity contribution is 7.92. The molecule has 0 bridgehead atoms. The maximum Gasteiger partial charge on any atom is 0.271 e. The lowest BCUT2D eigenvalue weighted by Crippen LogP contribution is -2.41. The van der Waals surface area contributed by atoms with E-state index in [-0.39, 0.29) is 16.3 Å². The molecule has 0 unspecified atom stereocenters. The molecule has 0 aliphatic heterocycles. The number of non-ortho nitro benzene ring substituents is 1. The van der Waals surface area contributed by atoms with Gasteiger partial charge in [-0.1, -0.05) is 42.5 Å². The Labute approximate surface area is 174 Å². The number of rotatable bonds is 7. The molecule has 0 atom stereocenters. The summed E-state index contributed by atoms with van der Waals surface area (Å²) < 4.78 is 27.5. The topological polar surface area (TPSA) is 101 Å². The third kappa shape index (κ3) is 4.47. The van der Waals surface area contributed by atoms with Crippen LogP contribution >= 0.6 is 0 Å². The van der Waals surface area contributed by atoms with Gasteiger partial charge in [-0.15, -0.1) is 0 Å². The predicted octanol–water partition coefficient (Wildman–Crippen LogP) is 3.45. The summed E-state index contributed by atoms with van der Waals surface area (Å²) in [5, 5.41) is 11.2. The number of nitro groups is 1. The summed E-state index contributed by atoms with van der Waals surface area (Å²) in [5.41, 5.74) is 0.353. The Morgan fingerprint density at radius 1 is 0.900 bits per heavy atom. The van der Waals surface area contributed by atoms with E-state index < -0.39 is 27.4 Å². The van der Waals surface area contributed by atoms with Gasteiger partial charge in [0.2, 0.25) is 5.91 Å². The molecule has 0 aromatic heterocycles. The second-order valence-electron chi connectivity index (χ2n) is 6.39. The van der Waals surface area contributed by atoms with E-state index in [0.717, 1.165) is 10.4 Å². The van der Waals surface area contributed by atoms with Gasteiger partial charge >= 0.3 is 0 Å². The molecule has 0 saturated carbocycles. The normalized spacial score (nSPS) is 11.0. The van der Waals surface area contributed by atoms with Crippen molar-refractivity contribution in [3.63, 3.8) is 0 Å². The van der Waals surface area contributed by atoms with E-state index >= 15 is 0 Å². The fourth-order valence-electron chi connectivity index (χ4n) is 2.82. The number of benzene rings is 3. The van der Waals surface area contributed by atoms with Gasteiger partial charge in [0.25, 0.3) is 15.7 Å². The first-order valence-corrected chi connectivity index (χ1v) is 10.4. The molecule has 0 aliphatic rings. The largest absolute Gasteiger partial charge is 0.314 e. The maximum absolute atomic E-state index is 13.3. The molecule has 0 fully saturated rings. The number of amides is 1. The molecule has 30 heavy (non-hydrogen) atoms. The van der Waals surface area contributed by atoms with Gasteiger partial charge < -0.3 is 4.90 Å². The zero-order chi connectivity index (χ0) is 21.7. The van der Waals surface area contributed by atoms with Crippen molar-refractivity contribution in [1.82, 2.24) is 0 Å². The van der Waals surface area contributed by atoms with Crippen molar-refractivity contribution in [1.29, 1.82) is 0 Å². The summed E-state index contributed by atoms with van der Waals surface area (Å²) >= 11 is 0. The minimum Gasteiger partial charge on any atom is -0.314 e. The fourth-order valence-corrected chi connectivity index (χ4v) is 4.25. The summed E-state index contributed by atoms with van der Waals surface area (Å²) in [6, 6.07) is 21.6. The Balaban J connectivity index is 2.03. The van der Waals surface area contributed by atoms with Gasteiger partial charge in [0.1, 0.15) is 6.54 Å². The van der Waals surface area contributed by atoms with Gasteiger partial charge in [0, 0.05) is 24.9 Å². The number of anilines is 2. The summed E-state index contributed by atoms with van der Waals surface area (Å²) in [7, 11) is -2.60. The van der Waals surface area contributed by atoms with Crippen molar-refractivity contribution < 1.29 is 18.1 Å². The molecule has 0 aliphatic carbocycles. The second-order valence-corrected chi connectivity index (χ2v) is 8.25. The number of hydrogen-bond acceptors (Lipinski definition) is 5. The molecule has 1 amide bonds. The molecule has 0 saturated heterocycles. The lowest BCUT2D eigenvalue weighted by molar-refractivity contribution is -0.384. The van der Waals surface area contributed by atoms with E-state index in [9.17, 15) is 23.3 Å². The number of carbonyl (C=O) groups is 1. The number of sulfonamides is 1. The molecule has 8 nitrogen and oxygen atoms in total. The summed E-state index contributed by atoms with van der Waals surface area (Å²) in [6.07, 6.45) is 0. The van der Waals surface area contributed by atoms with Crippen LogP contribution in [0.2, 0.25) is 0 Å². The van der Waals surface area contributed by atoms with Crippen LogP contribution in [-0.4, -0.2) is 32.8 Å². The van der Waals surface area contributed by atoms with Gasteiger partial charge in [-0.3, -0.25) is 19.2 Å². The van der Waals surface area contributed by atoms with Gasteiger partial charge in [0.05, 0.1) is 15.5 Å². The quantitative estimate of drug-likeness (QED) is 0.426. The van der Waals surface area contributed by atoms with Crippen molar-refractivity contribution >= 4 is 33.0 Å².